The number of pyridine rings is 2. The standard InChI is InChI=1S/C13H18N2O3.C8H8BrNO2.C5H11NO.CH4/c1-9-8-18-5-4-15(9)12-6-11(13(16)17-3)7-14-10(12)2;1-5-7(9)3-6(4-10-5)8(11)12-2;1-5-4-7-3-2-6-5;/h6-7,9H,4-5,8H2,1-3H3;3-4H,1-2H3;5-6H,2-4H2,1H3;1H4/t9-;;5-;/m0.0./s1. The monoisotopic (exact) mass is 596 g/mol. The van der Waals surface area contributed by atoms with E-state index in [0.29, 0.717) is 30.4 Å². The van der Waals surface area contributed by atoms with Crippen molar-refractivity contribution in [1.82, 2.24) is 15.3 Å². The van der Waals surface area contributed by atoms with Crippen LogP contribution in [0.1, 0.15) is 53.4 Å². The van der Waals surface area contributed by atoms with Gasteiger partial charge in [0.15, 0.2) is 0 Å². The van der Waals surface area contributed by atoms with Crippen molar-refractivity contribution in [1.29, 1.82) is 0 Å². The van der Waals surface area contributed by atoms with Gasteiger partial charge in [-0.3, -0.25) is 9.97 Å². The Morgan fingerprint density at radius 1 is 0.974 bits per heavy atom. The molecule has 0 aliphatic carbocycles. The number of rotatable bonds is 3. The number of methoxy groups -OCH3 is 2. The predicted octanol–water partition coefficient (Wildman–Crippen LogP) is 3.97. The highest BCUT2D eigenvalue weighted by Gasteiger charge is 2.22. The molecule has 2 aliphatic rings. The normalized spacial score (nSPS) is 18.4. The molecule has 0 saturated carbocycles. The highest BCUT2D eigenvalue weighted by molar-refractivity contribution is 9.10. The molecule has 4 heterocycles. The zero-order valence-corrected chi connectivity index (χ0v) is 24.0. The minimum atomic E-state index is -0.372. The summed E-state index contributed by atoms with van der Waals surface area (Å²) in [6, 6.07) is 4.38. The molecule has 10 nitrogen and oxygen atoms in total. The summed E-state index contributed by atoms with van der Waals surface area (Å²) < 4.78 is 20.6. The number of halogens is 1. The van der Waals surface area contributed by atoms with Crippen LogP contribution in [0.3, 0.4) is 0 Å². The maximum absolute atomic E-state index is 11.5. The first kappa shape index (κ1) is 33.4. The molecule has 0 radical (unpaired) electrons. The van der Waals surface area contributed by atoms with Crippen LogP contribution in [0.2, 0.25) is 0 Å². The molecule has 2 fully saturated rings. The van der Waals surface area contributed by atoms with Crippen molar-refractivity contribution >= 4 is 33.6 Å². The molecule has 0 aromatic carbocycles. The second-order valence-corrected chi connectivity index (χ2v) is 9.50. The molecule has 1 N–H and O–H groups in total. The van der Waals surface area contributed by atoms with Crippen molar-refractivity contribution in [2.75, 3.05) is 58.6 Å². The molecular formula is C27H41BrN4O6. The highest BCUT2D eigenvalue weighted by atomic mass is 79.9. The maximum atomic E-state index is 11.5. The number of hydrogen-bond acceptors (Lipinski definition) is 10. The number of ether oxygens (including phenoxy) is 4. The predicted molar refractivity (Wildman–Crippen MR) is 151 cm³/mol. The number of aromatic nitrogens is 2. The van der Waals surface area contributed by atoms with E-state index in [1.54, 1.807) is 12.3 Å². The van der Waals surface area contributed by atoms with Crippen LogP contribution >= 0.6 is 15.9 Å². The van der Waals surface area contributed by atoms with Gasteiger partial charge in [0.05, 0.1) is 68.8 Å². The van der Waals surface area contributed by atoms with Crippen LogP contribution in [0.4, 0.5) is 5.69 Å². The second-order valence-electron chi connectivity index (χ2n) is 8.65. The lowest BCUT2D eigenvalue weighted by molar-refractivity contribution is 0.0591. The van der Waals surface area contributed by atoms with Crippen LogP contribution in [0.5, 0.6) is 0 Å². The van der Waals surface area contributed by atoms with E-state index in [9.17, 15) is 9.59 Å². The molecule has 2 aromatic rings. The summed E-state index contributed by atoms with van der Waals surface area (Å²) in [6.45, 7) is 13.0. The third kappa shape index (κ3) is 10.3. The SMILES string of the molecule is C.COC(=O)c1cnc(C)c(Br)c1.COC(=O)c1cnc(C)c(N2CCOC[C@@H]2C)c1.C[C@H]1COCCN1. The van der Waals surface area contributed by atoms with Crippen molar-refractivity contribution in [2.24, 2.45) is 0 Å². The second kappa shape index (κ2) is 17.1. The Balaban J connectivity index is 0.000000311. The molecule has 2 saturated heterocycles. The van der Waals surface area contributed by atoms with E-state index in [1.165, 1.54) is 20.4 Å². The number of esters is 2. The zero-order chi connectivity index (χ0) is 27.4. The van der Waals surface area contributed by atoms with Crippen LogP contribution in [0.25, 0.3) is 0 Å². The molecule has 0 amide bonds. The molecule has 2 atom stereocenters. The quantitative estimate of drug-likeness (QED) is 0.522. The molecule has 11 heteroatoms. The number of nitrogens with zero attached hydrogens (tertiary/aromatic N) is 3. The molecule has 38 heavy (non-hydrogen) atoms. The summed E-state index contributed by atoms with van der Waals surface area (Å²) in [5, 5.41) is 3.26. The van der Waals surface area contributed by atoms with Crippen molar-refractivity contribution in [2.45, 2.75) is 47.2 Å². The summed E-state index contributed by atoms with van der Waals surface area (Å²) in [5.74, 6) is -0.729. The Kier molecular flexibility index (Phi) is 15.0. The van der Waals surface area contributed by atoms with Crippen molar-refractivity contribution in [3.63, 3.8) is 0 Å². The van der Waals surface area contributed by atoms with Gasteiger partial charge in [-0.2, -0.15) is 0 Å². The van der Waals surface area contributed by atoms with Crippen LogP contribution in [-0.2, 0) is 18.9 Å². The topological polar surface area (TPSA) is 112 Å². The van der Waals surface area contributed by atoms with E-state index in [-0.39, 0.29) is 25.4 Å². The number of carbonyl (C=O) groups excluding carboxylic acids is 2. The minimum absolute atomic E-state index is 0. The van der Waals surface area contributed by atoms with Gasteiger partial charge in [-0.25, -0.2) is 9.59 Å². The molecule has 212 valence electrons. The summed E-state index contributed by atoms with van der Waals surface area (Å²) in [4.78, 5) is 33.0. The third-order valence-electron chi connectivity index (χ3n) is 5.71. The lowest BCUT2D eigenvalue weighted by Gasteiger charge is -2.35. The molecule has 2 aromatic heterocycles. The molecule has 0 bridgehead atoms. The van der Waals surface area contributed by atoms with E-state index in [1.807, 2.05) is 19.9 Å². The average Bonchev–Trinajstić information content (AvgIpc) is 2.91. The lowest BCUT2D eigenvalue weighted by atomic mass is 10.1. The minimum Gasteiger partial charge on any atom is -0.465 e. The molecule has 4 rings (SSSR count). The fourth-order valence-corrected chi connectivity index (χ4v) is 3.91. The van der Waals surface area contributed by atoms with Gasteiger partial charge in [-0.05, 0) is 55.8 Å². The fourth-order valence-electron chi connectivity index (χ4n) is 3.56. The van der Waals surface area contributed by atoms with Crippen molar-refractivity contribution in [3.8, 4) is 0 Å². The zero-order valence-electron chi connectivity index (χ0n) is 22.4. The number of carbonyl (C=O) groups is 2. The molecular weight excluding hydrogens is 556 g/mol. The fraction of sp³-hybridized carbons (Fsp3) is 0.556. The van der Waals surface area contributed by atoms with Crippen molar-refractivity contribution in [3.05, 3.63) is 51.5 Å². The Morgan fingerprint density at radius 3 is 2.03 bits per heavy atom. The highest BCUT2D eigenvalue weighted by Crippen LogP contribution is 2.24. The summed E-state index contributed by atoms with van der Waals surface area (Å²) in [5.41, 5.74) is 3.68. The first-order valence-corrected chi connectivity index (χ1v) is 12.9. The molecule has 0 spiro atoms. The smallest absolute Gasteiger partial charge is 0.339 e. The van der Waals surface area contributed by atoms with Gasteiger partial charge in [-0.15, -0.1) is 0 Å². The van der Waals surface area contributed by atoms with E-state index in [0.717, 1.165) is 47.9 Å². The number of nitrogens with one attached hydrogen (secondary N) is 1. The number of morpholine rings is 2. The number of aryl methyl sites for hydroxylation is 2. The van der Waals surface area contributed by atoms with Gasteiger partial charge in [0.2, 0.25) is 0 Å². The Labute approximate surface area is 234 Å². The van der Waals surface area contributed by atoms with Crippen LogP contribution in [0, 0.1) is 13.8 Å². The summed E-state index contributed by atoms with van der Waals surface area (Å²) in [7, 11) is 2.72. The lowest BCUT2D eigenvalue weighted by Crippen LogP contribution is -2.44. The van der Waals surface area contributed by atoms with Gasteiger partial charge in [0.1, 0.15) is 0 Å². The van der Waals surface area contributed by atoms with Crippen molar-refractivity contribution < 1.29 is 28.5 Å². The summed E-state index contributed by atoms with van der Waals surface area (Å²) >= 11 is 3.27. The first-order valence-electron chi connectivity index (χ1n) is 12.1. The molecule has 0 unspecified atom stereocenters. The Bertz CT molecular complexity index is 1030. The Morgan fingerprint density at radius 2 is 1.55 bits per heavy atom. The van der Waals surface area contributed by atoms with Gasteiger partial charge in [0, 0.05) is 42.0 Å². The third-order valence-corrected chi connectivity index (χ3v) is 6.51. The summed E-state index contributed by atoms with van der Waals surface area (Å²) in [6.07, 6.45) is 3.04. The number of anilines is 1. The van der Waals surface area contributed by atoms with Gasteiger partial charge in [0.25, 0.3) is 0 Å². The van der Waals surface area contributed by atoms with Gasteiger partial charge >= 0.3 is 11.9 Å². The first-order chi connectivity index (χ1) is 17.7. The largest absolute Gasteiger partial charge is 0.465 e. The maximum Gasteiger partial charge on any atom is 0.339 e. The number of hydrogen-bond donors (Lipinski definition) is 1. The van der Waals surface area contributed by atoms with Gasteiger partial charge < -0.3 is 29.2 Å². The van der Waals surface area contributed by atoms with E-state index < -0.39 is 0 Å². The molecule has 2 aliphatic heterocycles. The van der Waals surface area contributed by atoms with Crippen LogP contribution in [0.15, 0.2) is 29.0 Å². The average molecular weight is 598 g/mol. The van der Waals surface area contributed by atoms with E-state index in [2.05, 4.69) is 54.7 Å². The Hall–Kier alpha value is -2.60. The van der Waals surface area contributed by atoms with Crippen LogP contribution in [-0.4, -0.2) is 87.7 Å². The van der Waals surface area contributed by atoms with E-state index in [4.69, 9.17) is 14.2 Å². The van der Waals surface area contributed by atoms with E-state index >= 15 is 0 Å². The van der Waals surface area contributed by atoms with Crippen LogP contribution < -0.4 is 10.2 Å². The van der Waals surface area contributed by atoms with Gasteiger partial charge in [-0.1, -0.05) is 7.43 Å².